The number of rotatable bonds is 5. The summed E-state index contributed by atoms with van der Waals surface area (Å²) in [5.74, 6) is -2.09. The molecule has 0 radical (unpaired) electrons. The number of nitrogens with zero attached hydrogens (tertiary/aromatic N) is 1. The molecule has 0 heterocycles. The second kappa shape index (κ2) is 6.26. The number of carboxylic acids is 1. The summed E-state index contributed by atoms with van der Waals surface area (Å²) in [6.07, 6.45) is 0.210. The molecule has 0 amide bonds. The van der Waals surface area contributed by atoms with Crippen LogP contribution in [0.5, 0.6) is 0 Å². The van der Waals surface area contributed by atoms with Gasteiger partial charge in [0.2, 0.25) is 0 Å². The molecule has 1 N–H and O–H groups in total. The van der Waals surface area contributed by atoms with Crippen LogP contribution in [0.1, 0.15) is 24.5 Å². The highest BCUT2D eigenvalue weighted by atomic mass is 32.2. The van der Waals surface area contributed by atoms with Crippen LogP contribution < -0.4 is 0 Å². The van der Waals surface area contributed by atoms with Gasteiger partial charge in [0.1, 0.15) is 17.1 Å². The first kappa shape index (κ1) is 14.3. The van der Waals surface area contributed by atoms with E-state index in [1.807, 2.05) is 0 Å². The Kier molecular flexibility index (Phi) is 4.98. The van der Waals surface area contributed by atoms with Crippen LogP contribution in [0.15, 0.2) is 18.2 Å². The normalized spacial score (nSPS) is 13.6. The molecule has 0 saturated heterocycles. The zero-order valence-electron chi connectivity index (χ0n) is 9.72. The van der Waals surface area contributed by atoms with Gasteiger partial charge in [-0.1, -0.05) is 19.1 Å². The van der Waals surface area contributed by atoms with Crippen molar-refractivity contribution < 1.29 is 18.5 Å². The number of nitriles is 1. The molecule has 0 aliphatic heterocycles. The van der Waals surface area contributed by atoms with Crippen LogP contribution >= 0.6 is 0 Å². The predicted molar refractivity (Wildman–Crippen MR) is 64.7 cm³/mol. The van der Waals surface area contributed by atoms with E-state index in [1.165, 1.54) is 18.2 Å². The molecule has 1 rings (SSSR count). The van der Waals surface area contributed by atoms with Crippen LogP contribution in [0.25, 0.3) is 0 Å². The van der Waals surface area contributed by atoms with E-state index < -0.39 is 27.8 Å². The zero-order valence-corrected chi connectivity index (χ0v) is 10.5. The first-order chi connectivity index (χ1) is 8.51. The smallest absolute Gasteiger partial charge is 0.319 e. The lowest BCUT2D eigenvalue weighted by atomic mass is 10.1. The Morgan fingerprint density at radius 1 is 1.61 bits per heavy atom. The summed E-state index contributed by atoms with van der Waals surface area (Å²) in [7, 11) is -1.71. The molecule has 2 unspecified atom stereocenters. The van der Waals surface area contributed by atoms with Crippen molar-refractivity contribution >= 4 is 16.8 Å². The fraction of sp³-hybridized carbons (Fsp3) is 0.333. The third-order valence-electron chi connectivity index (χ3n) is 2.46. The van der Waals surface area contributed by atoms with Gasteiger partial charge in [-0.2, -0.15) is 5.26 Å². The summed E-state index contributed by atoms with van der Waals surface area (Å²) in [6, 6.07) is 5.89. The Labute approximate surface area is 107 Å². The van der Waals surface area contributed by atoms with Crippen molar-refractivity contribution in [3.63, 3.8) is 0 Å². The van der Waals surface area contributed by atoms with E-state index in [0.29, 0.717) is 0 Å². The Morgan fingerprint density at radius 3 is 2.78 bits per heavy atom. The highest BCUT2D eigenvalue weighted by molar-refractivity contribution is 7.85. The Hall–Kier alpha value is -1.74. The van der Waals surface area contributed by atoms with Gasteiger partial charge < -0.3 is 5.11 Å². The number of benzene rings is 1. The van der Waals surface area contributed by atoms with Gasteiger partial charge >= 0.3 is 5.97 Å². The number of hydrogen-bond donors (Lipinski definition) is 1. The first-order valence-electron chi connectivity index (χ1n) is 5.28. The van der Waals surface area contributed by atoms with Crippen molar-refractivity contribution in [1.82, 2.24) is 0 Å². The van der Waals surface area contributed by atoms with Crippen molar-refractivity contribution in [1.29, 1.82) is 5.26 Å². The van der Waals surface area contributed by atoms with Gasteiger partial charge in [-0.15, -0.1) is 0 Å². The lowest BCUT2D eigenvalue weighted by Crippen LogP contribution is -2.25. The van der Waals surface area contributed by atoms with Crippen LogP contribution in [-0.2, 0) is 21.3 Å². The van der Waals surface area contributed by atoms with Crippen LogP contribution in [0.4, 0.5) is 4.39 Å². The molecular formula is C12H12FNO3S. The molecule has 1 aromatic rings. The highest BCUT2D eigenvalue weighted by Gasteiger charge is 2.23. The van der Waals surface area contributed by atoms with E-state index in [2.05, 4.69) is 0 Å². The topological polar surface area (TPSA) is 78.2 Å². The van der Waals surface area contributed by atoms with E-state index in [-0.39, 0.29) is 23.3 Å². The number of carboxylic acid groups (broad SMARTS) is 1. The van der Waals surface area contributed by atoms with Crippen LogP contribution in [0.3, 0.4) is 0 Å². The van der Waals surface area contributed by atoms with Gasteiger partial charge in [0, 0.05) is 16.4 Å². The van der Waals surface area contributed by atoms with Crippen molar-refractivity contribution in [3.05, 3.63) is 35.1 Å². The second-order valence-corrected chi connectivity index (χ2v) is 5.27. The Balaban J connectivity index is 2.95. The average Bonchev–Trinajstić information content (AvgIpc) is 2.32. The first-order valence-corrected chi connectivity index (χ1v) is 6.67. The minimum atomic E-state index is -1.71. The fourth-order valence-electron chi connectivity index (χ4n) is 1.50. The third kappa shape index (κ3) is 3.14. The number of carbonyl (C=O) groups is 1. The lowest BCUT2D eigenvalue weighted by Gasteiger charge is -2.10. The van der Waals surface area contributed by atoms with E-state index in [0.717, 1.165) is 0 Å². The van der Waals surface area contributed by atoms with Crippen molar-refractivity contribution in [2.75, 3.05) is 0 Å². The number of aliphatic carboxylic acids is 1. The lowest BCUT2D eigenvalue weighted by molar-refractivity contribution is -0.136. The largest absolute Gasteiger partial charge is 0.480 e. The fourth-order valence-corrected chi connectivity index (χ4v) is 2.83. The summed E-state index contributed by atoms with van der Waals surface area (Å²) in [4.78, 5) is 10.8. The molecule has 0 saturated carbocycles. The molecule has 0 aliphatic carbocycles. The van der Waals surface area contributed by atoms with Crippen molar-refractivity contribution in [2.45, 2.75) is 24.3 Å². The number of hydrogen-bond acceptors (Lipinski definition) is 3. The van der Waals surface area contributed by atoms with E-state index in [9.17, 15) is 13.4 Å². The predicted octanol–water partition coefficient (Wildman–Crippen LogP) is 1.81. The molecule has 0 bridgehead atoms. The van der Waals surface area contributed by atoms with E-state index >= 15 is 0 Å². The Bertz CT molecular complexity index is 525. The molecule has 0 aliphatic rings. The minimum absolute atomic E-state index is 0.104. The average molecular weight is 269 g/mol. The van der Waals surface area contributed by atoms with Crippen LogP contribution in [0.2, 0.25) is 0 Å². The molecule has 18 heavy (non-hydrogen) atoms. The zero-order chi connectivity index (χ0) is 13.7. The van der Waals surface area contributed by atoms with Gasteiger partial charge in [-0.25, -0.2) is 4.39 Å². The molecule has 0 spiro atoms. The summed E-state index contributed by atoms with van der Waals surface area (Å²) in [6.45, 7) is 1.61. The molecular weight excluding hydrogens is 257 g/mol. The Morgan fingerprint density at radius 2 is 2.28 bits per heavy atom. The molecule has 1 aromatic carbocycles. The minimum Gasteiger partial charge on any atom is -0.480 e. The molecule has 96 valence electrons. The van der Waals surface area contributed by atoms with E-state index in [1.54, 1.807) is 13.0 Å². The second-order valence-electron chi connectivity index (χ2n) is 3.65. The van der Waals surface area contributed by atoms with E-state index in [4.69, 9.17) is 10.4 Å². The molecule has 6 heteroatoms. The summed E-state index contributed by atoms with van der Waals surface area (Å²) < 4.78 is 25.5. The van der Waals surface area contributed by atoms with Crippen LogP contribution in [0, 0.1) is 17.1 Å². The van der Waals surface area contributed by atoms with Gasteiger partial charge in [0.05, 0.1) is 11.3 Å². The summed E-state index contributed by atoms with van der Waals surface area (Å²) >= 11 is 0. The van der Waals surface area contributed by atoms with Crippen molar-refractivity contribution in [3.8, 4) is 6.07 Å². The van der Waals surface area contributed by atoms with Gasteiger partial charge in [0.15, 0.2) is 0 Å². The quantitative estimate of drug-likeness (QED) is 0.884. The van der Waals surface area contributed by atoms with Crippen molar-refractivity contribution in [2.24, 2.45) is 0 Å². The SMILES string of the molecule is CCC(C(=O)O)S(=O)Cc1cccc(C#N)c1F. The maximum atomic E-state index is 13.7. The van der Waals surface area contributed by atoms with Gasteiger partial charge in [0.25, 0.3) is 0 Å². The molecule has 2 atom stereocenters. The number of halogens is 1. The molecule has 4 nitrogen and oxygen atoms in total. The standard InChI is InChI=1S/C12H12FNO3S/c1-2-10(12(15)16)18(17)7-9-5-3-4-8(6-14)11(9)13/h3-5,10H,2,7H2,1H3,(H,15,16). The summed E-state index contributed by atoms with van der Waals surface area (Å²) in [5.41, 5.74) is -0.0278. The van der Waals surface area contributed by atoms with Crippen LogP contribution in [-0.4, -0.2) is 20.5 Å². The third-order valence-corrected chi connectivity index (χ3v) is 4.23. The monoisotopic (exact) mass is 269 g/mol. The molecule has 0 aromatic heterocycles. The van der Waals surface area contributed by atoms with Gasteiger partial charge in [-0.3, -0.25) is 9.00 Å². The van der Waals surface area contributed by atoms with Gasteiger partial charge in [-0.05, 0) is 12.5 Å². The maximum Gasteiger partial charge on any atom is 0.319 e. The highest BCUT2D eigenvalue weighted by Crippen LogP contribution is 2.16. The summed E-state index contributed by atoms with van der Waals surface area (Å²) in [5, 5.41) is 16.5. The maximum absolute atomic E-state index is 13.7. The molecule has 0 fully saturated rings.